The quantitative estimate of drug-likeness (QED) is 0.683. The number of hydrogen-bond donors (Lipinski definition) is 1. The molecule has 2 amide bonds. The maximum Gasteiger partial charge on any atom is 0.319 e. The number of carboxylic acids is 1. The average molecular weight is 186 g/mol. The van der Waals surface area contributed by atoms with Crippen LogP contribution in [-0.4, -0.2) is 53.6 Å². The number of carboxylic acid groups (broad SMARTS) is 1. The molecular formula is C8H14N2O3. The first-order valence-corrected chi connectivity index (χ1v) is 4.33. The summed E-state index contributed by atoms with van der Waals surface area (Å²) in [5, 5.41) is 8.39. The summed E-state index contributed by atoms with van der Waals surface area (Å²) in [6.07, 6.45) is 0.669. The highest BCUT2D eigenvalue weighted by Crippen LogP contribution is 2.06. The van der Waals surface area contributed by atoms with Crippen molar-refractivity contribution in [3.8, 4) is 0 Å². The zero-order valence-corrected chi connectivity index (χ0v) is 7.69. The van der Waals surface area contributed by atoms with Crippen LogP contribution in [0.2, 0.25) is 0 Å². The Kier molecular flexibility index (Phi) is 3.11. The number of hydrogen-bond acceptors (Lipinski definition) is 2. The zero-order chi connectivity index (χ0) is 9.84. The highest BCUT2D eigenvalue weighted by Gasteiger charge is 2.24. The van der Waals surface area contributed by atoms with Gasteiger partial charge in [-0.2, -0.15) is 0 Å². The van der Waals surface area contributed by atoms with E-state index in [0.717, 1.165) is 13.1 Å². The topological polar surface area (TPSA) is 60.9 Å². The molecule has 1 fully saturated rings. The predicted octanol–water partition coefficient (Wildman–Crippen LogP) is 0.219. The molecular weight excluding hydrogens is 172 g/mol. The van der Waals surface area contributed by atoms with Crippen LogP contribution in [-0.2, 0) is 4.79 Å². The summed E-state index contributed by atoms with van der Waals surface area (Å²) in [7, 11) is 1.75. The molecule has 1 aliphatic heterocycles. The van der Waals surface area contributed by atoms with E-state index >= 15 is 0 Å². The molecule has 0 bridgehead atoms. The molecule has 0 spiro atoms. The summed E-state index contributed by atoms with van der Waals surface area (Å²) in [4.78, 5) is 24.8. The van der Waals surface area contributed by atoms with Crippen LogP contribution in [0.15, 0.2) is 0 Å². The molecule has 1 aliphatic rings. The monoisotopic (exact) mass is 186 g/mol. The van der Waals surface area contributed by atoms with Gasteiger partial charge >= 0.3 is 12.0 Å². The van der Waals surface area contributed by atoms with Crippen molar-refractivity contribution >= 4 is 12.0 Å². The Morgan fingerprint density at radius 1 is 1.54 bits per heavy atom. The Morgan fingerprint density at radius 3 is 2.69 bits per heavy atom. The number of carbonyl (C=O) groups excluding carboxylic acids is 1. The first-order valence-electron chi connectivity index (χ1n) is 4.33. The van der Waals surface area contributed by atoms with Gasteiger partial charge in [0.15, 0.2) is 0 Å². The summed E-state index contributed by atoms with van der Waals surface area (Å²) in [6.45, 7) is 2.01. The average Bonchev–Trinajstić information content (AvgIpc) is 2.35. The third-order valence-corrected chi connectivity index (χ3v) is 2.12. The van der Waals surface area contributed by atoms with Gasteiger partial charge in [-0.3, -0.25) is 4.79 Å². The van der Waals surface area contributed by atoms with Crippen molar-refractivity contribution in [1.82, 2.24) is 9.80 Å². The van der Waals surface area contributed by atoms with Crippen molar-refractivity contribution in [3.05, 3.63) is 0 Å². The lowest BCUT2D eigenvalue weighted by Crippen LogP contribution is -2.30. The molecule has 74 valence electrons. The fraction of sp³-hybridized carbons (Fsp3) is 0.750. The van der Waals surface area contributed by atoms with Crippen LogP contribution in [0.4, 0.5) is 4.79 Å². The minimum atomic E-state index is -0.806. The van der Waals surface area contributed by atoms with Crippen LogP contribution in [0.1, 0.15) is 12.8 Å². The van der Waals surface area contributed by atoms with Crippen LogP contribution in [0.5, 0.6) is 0 Å². The number of aliphatic carboxylic acids is 1. The lowest BCUT2D eigenvalue weighted by atomic mass is 10.3. The second kappa shape index (κ2) is 4.11. The molecule has 0 radical (unpaired) electrons. The molecule has 0 aromatic rings. The van der Waals surface area contributed by atoms with E-state index in [1.165, 1.54) is 0 Å². The maximum absolute atomic E-state index is 11.3. The van der Waals surface area contributed by atoms with Gasteiger partial charge in [0.2, 0.25) is 0 Å². The van der Waals surface area contributed by atoms with Gasteiger partial charge in [-0.25, -0.2) is 4.79 Å². The third-order valence-electron chi connectivity index (χ3n) is 2.12. The van der Waals surface area contributed by atoms with Gasteiger partial charge in [-0.1, -0.05) is 0 Å². The standard InChI is InChI=1S/C8H14N2O3/c1-9-5-6-10(8(9)13)4-2-3-7(11)12/h2-6H2,1H3,(H,11,12). The van der Waals surface area contributed by atoms with Gasteiger partial charge in [0.25, 0.3) is 0 Å². The summed E-state index contributed by atoms with van der Waals surface area (Å²) in [6, 6.07) is 0.00499. The molecule has 1 heterocycles. The summed E-state index contributed by atoms with van der Waals surface area (Å²) in [5.41, 5.74) is 0. The van der Waals surface area contributed by atoms with Gasteiger partial charge in [-0.05, 0) is 6.42 Å². The van der Waals surface area contributed by atoms with Crippen LogP contribution in [0.25, 0.3) is 0 Å². The Bertz CT molecular complexity index is 217. The minimum Gasteiger partial charge on any atom is -0.481 e. The summed E-state index contributed by atoms with van der Waals surface area (Å²) < 4.78 is 0. The van der Waals surface area contributed by atoms with E-state index in [1.807, 2.05) is 0 Å². The number of rotatable bonds is 4. The van der Waals surface area contributed by atoms with Gasteiger partial charge < -0.3 is 14.9 Å². The molecule has 1 N–H and O–H groups in total. The second-order valence-corrected chi connectivity index (χ2v) is 3.19. The minimum absolute atomic E-state index is 0.00499. The number of likely N-dealkylation sites (N-methyl/N-ethyl adjacent to an activating group) is 1. The molecule has 1 saturated heterocycles. The van der Waals surface area contributed by atoms with Crippen LogP contribution in [0, 0.1) is 0 Å². The number of amides is 2. The van der Waals surface area contributed by atoms with Crippen molar-refractivity contribution < 1.29 is 14.7 Å². The van der Waals surface area contributed by atoms with Gasteiger partial charge in [-0.15, -0.1) is 0 Å². The molecule has 0 aromatic heterocycles. The van der Waals surface area contributed by atoms with E-state index in [4.69, 9.17) is 5.11 Å². The Morgan fingerprint density at radius 2 is 2.23 bits per heavy atom. The van der Waals surface area contributed by atoms with Gasteiger partial charge in [0, 0.05) is 33.1 Å². The van der Waals surface area contributed by atoms with Crippen LogP contribution in [0.3, 0.4) is 0 Å². The fourth-order valence-corrected chi connectivity index (χ4v) is 1.33. The highest BCUT2D eigenvalue weighted by atomic mass is 16.4. The maximum atomic E-state index is 11.3. The van der Waals surface area contributed by atoms with Crippen molar-refractivity contribution in [2.24, 2.45) is 0 Å². The van der Waals surface area contributed by atoms with Gasteiger partial charge in [0.1, 0.15) is 0 Å². The molecule has 1 rings (SSSR count). The fourth-order valence-electron chi connectivity index (χ4n) is 1.33. The molecule has 5 nitrogen and oxygen atoms in total. The van der Waals surface area contributed by atoms with Crippen molar-refractivity contribution in [2.75, 3.05) is 26.7 Å². The van der Waals surface area contributed by atoms with Crippen molar-refractivity contribution in [2.45, 2.75) is 12.8 Å². The van der Waals surface area contributed by atoms with E-state index in [-0.39, 0.29) is 12.5 Å². The Labute approximate surface area is 76.9 Å². The molecule has 0 saturated carbocycles. The van der Waals surface area contributed by atoms with E-state index in [0.29, 0.717) is 13.0 Å². The number of urea groups is 1. The lowest BCUT2D eigenvalue weighted by Gasteiger charge is -2.14. The number of carbonyl (C=O) groups is 2. The van der Waals surface area contributed by atoms with Crippen LogP contribution < -0.4 is 0 Å². The normalized spacial score (nSPS) is 16.8. The van der Waals surface area contributed by atoms with E-state index in [1.54, 1.807) is 16.8 Å². The Balaban J connectivity index is 2.23. The summed E-state index contributed by atoms with van der Waals surface area (Å²) >= 11 is 0. The molecule has 5 heteroatoms. The predicted molar refractivity (Wildman–Crippen MR) is 46.5 cm³/mol. The summed E-state index contributed by atoms with van der Waals surface area (Å²) in [5.74, 6) is -0.806. The molecule has 0 atom stereocenters. The Hall–Kier alpha value is -1.26. The molecule has 0 aliphatic carbocycles. The molecule has 0 aromatic carbocycles. The van der Waals surface area contributed by atoms with Crippen molar-refractivity contribution in [1.29, 1.82) is 0 Å². The van der Waals surface area contributed by atoms with Crippen LogP contribution >= 0.6 is 0 Å². The number of nitrogens with zero attached hydrogens (tertiary/aromatic N) is 2. The first-order chi connectivity index (χ1) is 6.11. The largest absolute Gasteiger partial charge is 0.481 e. The van der Waals surface area contributed by atoms with Crippen molar-refractivity contribution in [3.63, 3.8) is 0 Å². The smallest absolute Gasteiger partial charge is 0.319 e. The van der Waals surface area contributed by atoms with E-state index < -0.39 is 5.97 Å². The first kappa shape index (κ1) is 9.83. The SMILES string of the molecule is CN1CCN(CCCC(=O)O)C1=O. The molecule has 13 heavy (non-hydrogen) atoms. The van der Waals surface area contributed by atoms with E-state index in [9.17, 15) is 9.59 Å². The molecule has 0 unspecified atom stereocenters. The second-order valence-electron chi connectivity index (χ2n) is 3.19. The zero-order valence-electron chi connectivity index (χ0n) is 7.69. The van der Waals surface area contributed by atoms with E-state index in [2.05, 4.69) is 0 Å². The third kappa shape index (κ3) is 2.61. The highest BCUT2D eigenvalue weighted by molar-refractivity contribution is 5.76. The van der Waals surface area contributed by atoms with Gasteiger partial charge in [0.05, 0.1) is 0 Å². The lowest BCUT2D eigenvalue weighted by molar-refractivity contribution is -0.137.